The number of nitrogens with two attached hydrogens (primary N) is 1. The Labute approximate surface area is 137 Å². The van der Waals surface area contributed by atoms with Crippen molar-refractivity contribution in [2.75, 3.05) is 5.43 Å². The van der Waals surface area contributed by atoms with Crippen molar-refractivity contribution in [1.82, 2.24) is 0 Å². The molecule has 3 N–H and O–H groups in total. The van der Waals surface area contributed by atoms with Crippen molar-refractivity contribution in [2.45, 2.75) is 79.1 Å². The summed E-state index contributed by atoms with van der Waals surface area (Å²) < 4.78 is 0. The summed E-state index contributed by atoms with van der Waals surface area (Å²) in [6.07, 6.45) is 5.08. The molecule has 0 amide bonds. The van der Waals surface area contributed by atoms with Crippen LogP contribution < -0.4 is 11.3 Å². The number of hydrogen-bond acceptors (Lipinski definition) is 2. The van der Waals surface area contributed by atoms with Gasteiger partial charge in [0.2, 0.25) is 0 Å². The first-order chi connectivity index (χ1) is 10.3. The molecule has 1 aromatic rings. The van der Waals surface area contributed by atoms with Crippen LogP contribution >= 0.6 is 0 Å². The summed E-state index contributed by atoms with van der Waals surface area (Å²) in [4.78, 5) is 0. The summed E-state index contributed by atoms with van der Waals surface area (Å²) in [5, 5.41) is 0. The molecule has 1 rings (SSSR count). The first-order valence-corrected chi connectivity index (χ1v) is 8.95. The molecule has 22 heavy (non-hydrogen) atoms. The van der Waals surface area contributed by atoms with Gasteiger partial charge in [-0.15, -0.1) is 0 Å². The van der Waals surface area contributed by atoms with Gasteiger partial charge in [-0.05, 0) is 59.8 Å². The van der Waals surface area contributed by atoms with Crippen LogP contribution in [-0.4, -0.2) is 0 Å². The lowest BCUT2D eigenvalue weighted by atomic mass is 9.83. The fraction of sp³-hybridized carbons (Fsp3) is 0.700. The Hall–Kier alpha value is -1.02. The number of rotatable bonds is 9. The lowest BCUT2D eigenvalue weighted by Crippen LogP contribution is -2.10. The second kappa shape index (κ2) is 9.19. The quantitative estimate of drug-likeness (QED) is 0.430. The molecule has 0 bridgehead atoms. The van der Waals surface area contributed by atoms with E-state index in [4.69, 9.17) is 5.84 Å². The second-order valence-electron chi connectivity index (χ2n) is 7.73. The summed E-state index contributed by atoms with van der Waals surface area (Å²) in [7, 11) is 0. The largest absolute Gasteiger partial charge is 0.324 e. The third kappa shape index (κ3) is 6.00. The minimum absolute atomic E-state index is 0.590. The molecule has 0 radical (unpaired) electrons. The molecule has 126 valence electrons. The molecule has 2 heteroatoms. The van der Waals surface area contributed by atoms with E-state index in [-0.39, 0.29) is 0 Å². The highest BCUT2D eigenvalue weighted by atomic mass is 15.2. The fourth-order valence-electron chi connectivity index (χ4n) is 3.02. The van der Waals surface area contributed by atoms with E-state index in [0.717, 1.165) is 17.5 Å². The first-order valence-electron chi connectivity index (χ1n) is 8.95. The van der Waals surface area contributed by atoms with Crippen molar-refractivity contribution >= 4 is 5.69 Å². The van der Waals surface area contributed by atoms with Crippen molar-refractivity contribution < 1.29 is 0 Å². The topological polar surface area (TPSA) is 38.0 Å². The standard InChI is InChI=1S/C20H36N2/c1-14(2)7-9-16(5)19-12-11-18(22-21)13-20(19)17(6)10-8-15(3)4/h11-17,22H,7-10,21H2,1-6H3. The maximum Gasteiger partial charge on any atom is 0.0488 e. The van der Waals surface area contributed by atoms with E-state index < -0.39 is 0 Å². The van der Waals surface area contributed by atoms with Crippen LogP contribution in [0.5, 0.6) is 0 Å². The van der Waals surface area contributed by atoms with Gasteiger partial charge in [0.25, 0.3) is 0 Å². The van der Waals surface area contributed by atoms with Gasteiger partial charge in [0.1, 0.15) is 0 Å². The van der Waals surface area contributed by atoms with Crippen molar-refractivity contribution in [3.8, 4) is 0 Å². The van der Waals surface area contributed by atoms with E-state index in [9.17, 15) is 0 Å². The molecule has 0 saturated heterocycles. The number of nitrogens with one attached hydrogen (secondary N) is 1. The summed E-state index contributed by atoms with van der Waals surface area (Å²) in [5.41, 5.74) is 6.81. The number of anilines is 1. The zero-order chi connectivity index (χ0) is 16.7. The molecule has 0 aromatic heterocycles. The van der Waals surface area contributed by atoms with Crippen LogP contribution in [0.1, 0.15) is 90.2 Å². The van der Waals surface area contributed by atoms with Crippen molar-refractivity contribution in [3.05, 3.63) is 29.3 Å². The van der Waals surface area contributed by atoms with Crippen LogP contribution in [0.4, 0.5) is 5.69 Å². The highest BCUT2D eigenvalue weighted by molar-refractivity contribution is 5.49. The summed E-state index contributed by atoms with van der Waals surface area (Å²) in [6, 6.07) is 6.65. The highest BCUT2D eigenvalue weighted by Gasteiger charge is 2.17. The van der Waals surface area contributed by atoms with Gasteiger partial charge in [-0.2, -0.15) is 0 Å². The van der Waals surface area contributed by atoms with Gasteiger partial charge >= 0.3 is 0 Å². The molecule has 0 saturated carbocycles. The van der Waals surface area contributed by atoms with Crippen LogP contribution in [0.2, 0.25) is 0 Å². The highest BCUT2D eigenvalue weighted by Crippen LogP contribution is 2.34. The molecular formula is C20H36N2. The summed E-state index contributed by atoms with van der Waals surface area (Å²) >= 11 is 0. The minimum atomic E-state index is 0.590. The zero-order valence-corrected chi connectivity index (χ0v) is 15.4. The Balaban J connectivity index is 2.94. The van der Waals surface area contributed by atoms with E-state index in [0.29, 0.717) is 11.8 Å². The summed E-state index contributed by atoms with van der Waals surface area (Å²) in [6.45, 7) is 13.9. The number of benzene rings is 1. The molecule has 2 atom stereocenters. The lowest BCUT2D eigenvalue weighted by Gasteiger charge is -2.23. The van der Waals surface area contributed by atoms with Crippen LogP contribution in [0.25, 0.3) is 0 Å². The van der Waals surface area contributed by atoms with Crippen molar-refractivity contribution in [3.63, 3.8) is 0 Å². The van der Waals surface area contributed by atoms with Gasteiger partial charge in [-0.3, -0.25) is 5.84 Å². The fourth-order valence-corrected chi connectivity index (χ4v) is 3.02. The molecule has 0 aliphatic heterocycles. The maximum atomic E-state index is 5.62. The third-order valence-electron chi connectivity index (χ3n) is 4.67. The molecule has 0 spiro atoms. The van der Waals surface area contributed by atoms with Gasteiger partial charge in [0, 0.05) is 5.69 Å². The Morgan fingerprint density at radius 3 is 1.73 bits per heavy atom. The molecular weight excluding hydrogens is 268 g/mol. The van der Waals surface area contributed by atoms with Gasteiger partial charge in [-0.1, -0.05) is 60.5 Å². The van der Waals surface area contributed by atoms with Crippen molar-refractivity contribution in [1.29, 1.82) is 0 Å². The number of hydrazine groups is 1. The van der Waals surface area contributed by atoms with Crippen LogP contribution in [0, 0.1) is 11.8 Å². The van der Waals surface area contributed by atoms with Crippen LogP contribution in [0.15, 0.2) is 18.2 Å². The van der Waals surface area contributed by atoms with Gasteiger partial charge in [-0.25, -0.2) is 0 Å². The summed E-state index contributed by atoms with van der Waals surface area (Å²) in [5.74, 6) is 8.36. The van der Waals surface area contributed by atoms with E-state index >= 15 is 0 Å². The average Bonchev–Trinajstić information content (AvgIpc) is 2.49. The van der Waals surface area contributed by atoms with Gasteiger partial charge < -0.3 is 5.43 Å². The number of nitrogen functional groups attached to an aromatic ring is 1. The van der Waals surface area contributed by atoms with E-state index in [1.807, 2.05) is 0 Å². The molecule has 2 unspecified atom stereocenters. The second-order valence-corrected chi connectivity index (χ2v) is 7.73. The molecule has 1 aromatic carbocycles. The van der Waals surface area contributed by atoms with E-state index in [1.54, 1.807) is 0 Å². The normalized spacial score (nSPS) is 14.4. The average molecular weight is 305 g/mol. The Morgan fingerprint density at radius 1 is 0.773 bits per heavy atom. The Morgan fingerprint density at radius 2 is 1.27 bits per heavy atom. The Bertz CT molecular complexity index is 437. The van der Waals surface area contributed by atoms with Crippen molar-refractivity contribution in [2.24, 2.45) is 17.7 Å². The van der Waals surface area contributed by atoms with E-state index in [2.05, 4.69) is 65.2 Å². The van der Waals surface area contributed by atoms with Crippen LogP contribution in [0.3, 0.4) is 0 Å². The molecule has 2 nitrogen and oxygen atoms in total. The smallest absolute Gasteiger partial charge is 0.0488 e. The first kappa shape index (κ1) is 19.0. The Kier molecular flexibility index (Phi) is 7.95. The van der Waals surface area contributed by atoms with Crippen LogP contribution in [-0.2, 0) is 0 Å². The maximum absolute atomic E-state index is 5.62. The molecule has 0 fully saturated rings. The van der Waals surface area contributed by atoms with Gasteiger partial charge in [0.05, 0.1) is 0 Å². The van der Waals surface area contributed by atoms with E-state index in [1.165, 1.54) is 36.8 Å². The predicted octanol–water partition coefficient (Wildman–Crippen LogP) is 6.05. The molecule has 0 aliphatic carbocycles. The number of hydrogen-bond donors (Lipinski definition) is 2. The van der Waals surface area contributed by atoms with Gasteiger partial charge in [0.15, 0.2) is 0 Å². The molecule has 0 aliphatic rings. The zero-order valence-electron chi connectivity index (χ0n) is 15.4. The third-order valence-corrected chi connectivity index (χ3v) is 4.67. The SMILES string of the molecule is CC(C)CCC(C)c1ccc(NN)cc1C(C)CCC(C)C. The predicted molar refractivity (Wildman–Crippen MR) is 99.2 cm³/mol. The monoisotopic (exact) mass is 304 g/mol. The lowest BCUT2D eigenvalue weighted by molar-refractivity contribution is 0.500. The minimum Gasteiger partial charge on any atom is -0.324 e. The molecule has 0 heterocycles.